The van der Waals surface area contributed by atoms with Crippen LogP contribution in [0, 0.1) is 0 Å². The Morgan fingerprint density at radius 2 is 1.75 bits per heavy atom. The van der Waals surface area contributed by atoms with E-state index in [1.54, 1.807) is 19.4 Å². The van der Waals surface area contributed by atoms with Crippen molar-refractivity contribution in [1.82, 2.24) is 9.97 Å². The SMILES string of the molecule is COc1ccc(/C=N/Nc2cc(Oc3ccccc3)ncn2)cc1. The van der Waals surface area contributed by atoms with Gasteiger partial charge in [-0.25, -0.2) is 9.97 Å². The molecule has 0 amide bonds. The summed E-state index contributed by atoms with van der Waals surface area (Å²) >= 11 is 0. The number of rotatable bonds is 6. The van der Waals surface area contributed by atoms with E-state index in [0.717, 1.165) is 11.3 Å². The van der Waals surface area contributed by atoms with E-state index < -0.39 is 0 Å². The summed E-state index contributed by atoms with van der Waals surface area (Å²) in [5.41, 5.74) is 3.80. The number of nitrogens with one attached hydrogen (secondary N) is 1. The van der Waals surface area contributed by atoms with Crippen LogP contribution >= 0.6 is 0 Å². The number of methoxy groups -OCH3 is 1. The molecular formula is C18H16N4O2. The van der Waals surface area contributed by atoms with Crippen LogP contribution in [-0.2, 0) is 0 Å². The molecule has 0 unspecified atom stereocenters. The molecule has 0 radical (unpaired) electrons. The van der Waals surface area contributed by atoms with Crippen LogP contribution in [0.5, 0.6) is 17.4 Å². The molecule has 1 heterocycles. The Hall–Kier alpha value is -3.41. The summed E-state index contributed by atoms with van der Waals surface area (Å²) in [6.45, 7) is 0. The molecule has 3 rings (SSSR count). The zero-order valence-electron chi connectivity index (χ0n) is 13.1. The van der Waals surface area contributed by atoms with Crippen LogP contribution in [0.3, 0.4) is 0 Å². The van der Waals surface area contributed by atoms with Crippen molar-refractivity contribution in [1.29, 1.82) is 0 Å². The van der Waals surface area contributed by atoms with E-state index in [2.05, 4.69) is 20.5 Å². The van der Waals surface area contributed by atoms with Crippen molar-refractivity contribution in [2.24, 2.45) is 5.10 Å². The van der Waals surface area contributed by atoms with Gasteiger partial charge < -0.3 is 9.47 Å². The van der Waals surface area contributed by atoms with E-state index in [4.69, 9.17) is 9.47 Å². The molecule has 6 heteroatoms. The number of nitrogens with zero attached hydrogens (tertiary/aromatic N) is 3. The first kappa shape index (κ1) is 15.5. The Morgan fingerprint density at radius 3 is 2.50 bits per heavy atom. The van der Waals surface area contributed by atoms with Crippen LogP contribution < -0.4 is 14.9 Å². The number of para-hydroxylation sites is 1. The molecule has 0 atom stereocenters. The summed E-state index contributed by atoms with van der Waals surface area (Å²) < 4.78 is 10.8. The van der Waals surface area contributed by atoms with Crippen LogP contribution in [0.2, 0.25) is 0 Å². The van der Waals surface area contributed by atoms with Gasteiger partial charge in [-0.3, -0.25) is 5.43 Å². The minimum absolute atomic E-state index is 0.443. The van der Waals surface area contributed by atoms with E-state index in [1.165, 1.54) is 6.33 Å². The molecule has 0 spiro atoms. The summed E-state index contributed by atoms with van der Waals surface area (Å²) in [6.07, 6.45) is 3.11. The molecule has 0 saturated heterocycles. The van der Waals surface area contributed by atoms with Crippen molar-refractivity contribution in [3.05, 3.63) is 72.6 Å². The molecule has 1 aromatic heterocycles. The van der Waals surface area contributed by atoms with Crippen LogP contribution in [0.25, 0.3) is 0 Å². The molecule has 0 aliphatic rings. The van der Waals surface area contributed by atoms with E-state index in [1.807, 2.05) is 54.6 Å². The van der Waals surface area contributed by atoms with Gasteiger partial charge in [0, 0.05) is 6.07 Å². The van der Waals surface area contributed by atoms with Crippen LogP contribution in [0.4, 0.5) is 5.82 Å². The molecule has 1 N–H and O–H groups in total. The Bertz CT molecular complexity index is 805. The minimum atomic E-state index is 0.443. The lowest BCUT2D eigenvalue weighted by Crippen LogP contribution is -1.96. The van der Waals surface area contributed by atoms with Crippen molar-refractivity contribution in [3.63, 3.8) is 0 Å². The highest BCUT2D eigenvalue weighted by Gasteiger charge is 2.00. The third kappa shape index (κ3) is 4.30. The number of ether oxygens (including phenoxy) is 2. The predicted octanol–water partition coefficient (Wildman–Crippen LogP) is 3.72. The third-order valence-corrected chi connectivity index (χ3v) is 3.12. The van der Waals surface area contributed by atoms with Gasteiger partial charge in [-0.1, -0.05) is 18.2 Å². The molecule has 3 aromatic rings. The summed E-state index contributed by atoms with van der Waals surface area (Å²) in [5, 5.41) is 4.15. The van der Waals surface area contributed by atoms with Gasteiger partial charge in [0.05, 0.1) is 13.3 Å². The van der Waals surface area contributed by atoms with E-state index in [9.17, 15) is 0 Å². The lowest BCUT2D eigenvalue weighted by Gasteiger charge is -2.05. The summed E-state index contributed by atoms with van der Waals surface area (Å²) in [5.74, 6) is 2.50. The van der Waals surface area contributed by atoms with Crippen LogP contribution in [0.15, 0.2) is 72.1 Å². The Morgan fingerprint density at radius 1 is 0.958 bits per heavy atom. The van der Waals surface area contributed by atoms with Crippen molar-refractivity contribution in [2.45, 2.75) is 0 Å². The average molecular weight is 320 g/mol. The standard InChI is InChI=1S/C18H16N4O2/c1-23-15-9-7-14(8-10-15)12-21-22-17-11-18(20-13-19-17)24-16-5-3-2-4-6-16/h2-13H,1H3,(H,19,20,22)/b21-12+. The maximum Gasteiger partial charge on any atom is 0.224 e. The molecule has 0 aliphatic carbocycles. The third-order valence-electron chi connectivity index (χ3n) is 3.12. The number of anilines is 1. The first-order valence-corrected chi connectivity index (χ1v) is 7.31. The second-order valence-corrected chi connectivity index (χ2v) is 4.80. The van der Waals surface area contributed by atoms with Gasteiger partial charge in [0.1, 0.15) is 17.8 Å². The lowest BCUT2D eigenvalue weighted by molar-refractivity contribution is 0.415. The molecule has 0 bridgehead atoms. The maximum absolute atomic E-state index is 5.65. The second-order valence-electron chi connectivity index (χ2n) is 4.80. The van der Waals surface area contributed by atoms with Crippen molar-refractivity contribution in [3.8, 4) is 17.4 Å². The summed E-state index contributed by atoms with van der Waals surface area (Å²) in [6, 6.07) is 18.7. The Balaban J connectivity index is 1.62. The molecule has 0 fully saturated rings. The Labute approximate surface area is 139 Å². The van der Waals surface area contributed by atoms with Gasteiger partial charge in [-0.2, -0.15) is 5.10 Å². The van der Waals surface area contributed by atoms with Crippen molar-refractivity contribution < 1.29 is 9.47 Å². The quantitative estimate of drug-likeness (QED) is 0.554. The topological polar surface area (TPSA) is 68.6 Å². The smallest absolute Gasteiger partial charge is 0.224 e. The molecule has 120 valence electrons. The van der Waals surface area contributed by atoms with E-state index >= 15 is 0 Å². The van der Waals surface area contributed by atoms with Gasteiger partial charge in [0.2, 0.25) is 5.88 Å². The highest BCUT2D eigenvalue weighted by molar-refractivity contribution is 5.80. The van der Waals surface area contributed by atoms with E-state index in [0.29, 0.717) is 17.4 Å². The van der Waals surface area contributed by atoms with Crippen molar-refractivity contribution in [2.75, 3.05) is 12.5 Å². The fraction of sp³-hybridized carbons (Fsp3) is 0.0556. The normalized spacial score (nSPS) is 10.5. The molecule has 24 heavy (non-hydrogen) atoms. The number of benzene rings is 2. The first-order chi connectivity index (χ1) is 11.8. The van der Waals surface area contributed by atoms with Gasteiger partial charge >= 0.3 is 0 Å². The Kier molecular flexibility index (Phi) is 4.99. The number of hydrogen-bond donors (Lipinski definition) is 1. The zero-order chi connectivity index (χ0) is 16.6. The van der Waals surface area contributed by atoms with Crippen molar-refractivity contribution >= 4 is 12.0 Å². The predicted molar refractivity (Wildman–Crippen MR) is 92.8 cm³/mol. The van der Waals surface area contributed by atoms with E-state index in [-0.39, 0.29) is 0 Å². The fourth-order valence-corrected chi connectivity index (χ4v) is 1.93. The van der Waals surface area contributed by atoms with Crippen LogP contribution in [0.1, 0.15) is 5.56 Å². The second kappa shape index (κ2) is 7.73. The fourth-order valence-electron chi connectivity index (χ4n) is 1.93. The van der Waals surface area contributed by atoms with Gasteiger partial charge in [0.15, 0.2) is 5.82 Å². The highest BCUT2D eigenvalue weighted by Crippen LogP contribution is 2.19. The molecule has 0 aliphatic heterocycles. The molecular weight excluding hydrogens is 304 g/mol. The average Bonchev–Trinajstić information content (AvgIpc) is 2.63. The first-order valence-electron chi connectivity index (χ1n) is 7.31. The summed E-state index contributed by atoms with van der Waals surface area (Å²) in [7, 11) is 1.63. The maximum atomic E-state index is 5.65. The minimum Gasteiger partial charge on any atom is -0.497 e. The number of hydrogen-bond acceptors (Lipinski definition) is 6. The molecule has 0 saturated carbocycles. The van der Waals surface area contributed by atoms with Gasteiger partial charge in [-0.05, 0) is 42.0 Å². The zero-order valence-corrected chi connectivity index (χ0v) is 13.1. The number of aromatic nitrogens is 2. The van der Waals surface area contributed by atoms with Gasteiger partial charge in [0.25, 0.3) is 0 Å². The summed E-state index contributed by atoms with van der Waals surface area (Å²) in [4.78, 5) is 8.18. The number of hydrazone groups is 1. The largest absolute Gasteiger partial charge is 0.497 e. The van der Waals surface area contributed by atoms with Gasteiger partial charge in [-0.15, -0.1) is 0 Å². The molecule has 2 aromatic carbocycles. The van der Waals surface area contributed by atoms with Crippen LogP contribution in [-0.4, -0.2) is 23.3 Å². The highest BCUT2D eigenvalue weighted by atomic mass is 16.5. The molecule has 6 nitrogen and oxygen atoms in total. The lowest BCUT2D eigenvalue weighted by atomic mass is 10.2. The monoisotopic (exact) mass is 320 g/mol.